The van der Waals surface area contributed by atoms with Crippen LogP contribution in [0.5, 0.6) is 11.5 Å². The predicted octanol–water partition coefficient (Wildman–Crippen LogP) is 2.60. The molecule has 1 aliphatic rings. The molecule has 0 radical (unpaired) electrons. The van der Waals surface area contributed by atoms with E-state index in [0.29, 0.717) is 24.0 Å². The molecule has 1 aromatic rings. The molecule has 0 aliphatic carbocycles. The third-order valence-electron chi connectivity index (χ3n) is 3.44. The SMILES string of the molecule is COc1ccc(C=CC(=O)O)c(OCC2CCOCC2)c1. The van der Waals surface area contributed by atoms with E-state index in [2.05, 4.69) is 0 Å². The minimum Gasteiger partial charge on any atom is -0.497 e. The number of benzene rings is 1. The van der Waals surface area contributed by atoms with Crippen LogP contribution < -0.4 is 9.47 Å². The molecule has 1 aliphatic heterocycles. The van der Waals surface area contributed by atoms with Gasteiger partial charge in [0.05, 0.1) is 13.7 Å². The molecular weight excluding hydrogens is 272 g/mol. The van der Waals surface area contributed by atoms with Crippen molar-refractivity contribution in [1.82, 2.24) is 0 Å². The van der Waals surface area contributed by atoms with Gasteiger partial charge in [-0.05, 0) is 37.0 Å². The maximum atomic E-state index is 10.6. The summed E-state index contributed by atoms with van der Waals surface area (Å²) in [4.78, 5) is 10.6. The first-order valence-electron chi connectivity index (χ1n) is 6.98. The van der Waals surface area contributed by atoms with Crippen LogP contribution in [-0.4, -0.2) is 38.0 Å². The summed E-state index contributed by atoms with van der Waals surface area (Å²) < 4.78 is 16.4. The lowest BCUT2D eigenvalue weighted by Gasteiger charge is -2.22. The van der Waals surface area contributed by atoms with Gasteiger partial charge in [0.25, 0.3) is 0 Å². The van der Waals surface area contributed by atoms with Crippen LogP contribution in [0.2, 0.25) is 0 Å². The largest absolute Gasteiger partial charge is 0.497 e. The molecule has 1 N–H and O–H groups in total. The van der Waals surface area contributed by atoms with Crippen molar-refractivity contribution in [1.29, 1.82) is 0 Å². The molecule has 21 heavy (non-hydrogen) atoms. The lowest BCUT2D eigenvalue weighted by atomic mass is 10.0. The monoisotopic (exact) mass is 292 g/mol. The molecule has 0 amide bonds. The summed E-state index contributed by atoms with van der Waals surface area (Å²) in [7, 11) is 1.59. The number of carboxylic acid groups (broad SMARTS) is 1. The Morgan fingerprint density at radius 2 is 2.19 bits per heavy atom. The van der Waals surface area contributed by atoms with Crippen molar-refractivity contribution in [2.24, 2.45) is 5.92 Å². The number of rotatable bonds is 6. The number of carboxylic acids is 1. The highest BCUT2D eigenvalue weighted by molar-refractivity contribution is 5.86. The molecule has 5 heteroatoms. The zero-order valence-electron chi connectivity index (χ0n) is 12.1. The van der Waals surface area contributed by atoms with Gasteiger partial charge in [-0.1, -0.05) is 0 Å². The van der Waals surface area contributed by atoms with E-state index in [1.54, 1.807) is 25.3 Å². The summed E-state index contributed by atoms with van der Waals surface area (Å²) in [6.07, 6.45) is 4.61. The van der Waals surface area contributed by atoms with Crippen LogP contribution in [0, 0.1) is 5.92 Å². The van der Waals surface area contributed by atoms with E-state index in [4.69, 9.17) is 19.3 Å². The maximum Gasteiger partial charge on any atom is 0.328 e. The van der Waals surface area contributed by atoms with Crippen LogP contribution in [-0.2, 0) is 9.53 Å². The Kier molecular flexibility index (Phi) is 5.63. The Morgan fingerprint density at radius 3 is 2.86 bits per heavy atom. The van der Waals surface area contributed by atoms with Crippen LogP contribution in [0.25, 0.3) is 6.08 Å². The smallest absolute Gasteiger partial charge is 0.328 e. The second kappa shape index (κ2) is 7.69. The molecule has 1 heterocycles. The quantitative estimate of drug-likeness (QED) is 0.816. The molecular formula is C16H20O5. The zero-order valence-corrected chi connectivity index (χ0v) is 12.1. The molecule has 5 nitrogen and oxygen atoms in total. The van der Waals surface area contributed by atoms with Crippen molar-refractivity contribution >= 4 is 12.0 Å². The Balaban J connectivity index is 2.08. The topological polar surface area (TPSA) is 65.0 Å². The Hall–Kier alpha value is -2.01. The zero-order chi connectivity index (χ0) is 15.1. The Labute approximate surface area is 124 Å². The van der Waals surface area contributed by atoms with Gasteiger partial charge in [0.2, 0.25) is 0 Å². The van der Waals surface area contributed by atoms with Gasteiger partial charge in [0, 0.05) is 30.9 Å². The van der Waals surface area contributed by atoms with Crippen molar-refractivity contribution in [3.8, 4) is 11.5 Å². The highest BCUT2D eigenvalue weighted by Gasteiger charge is 2.15. The second-order valence-electron chi connectivity index (χ2n) is 4.94. The Morgan fingerprint density at radius 1 is 1.43 bits per heavy atom. The van der Waals surface area contributed by atoms with Crippen LogP contribution in [0.4, 0.5) is 0 Å². The van der Waals surface area contributed by atoms with Crippen molar-refractivity contribution in [2.75, 3.05) is 26.9 Å². The molecule has 1 fully saturated rings. The number of hydrogen-bond acceptors (Lipinski definition) is 4. The Bertz CT molecular complexity index is 503. The molecule has 0 bridgehead atoms. The minimum absolute atomic E-state index is 0.473. The number of methoxy groups -OCH3 is 1. The molecule has 0 atom stereocenters. The summed E-state index contributed by atoms with van der Waals surface area (Å²) in [6.45, 7) is 2.15. The van der Waals surface area contributed by atoms with Gasteiger partial charge in [0.1, 0.15) is 11.5 Å². The predicted molar refractivity (Wildman–Crippen MR) is 78.7 cm³/mol. The number of hydrogen-bond donors (Lipinski definition) is 1. The van der Waals surface area contributed by atoms with E-state index in [-0.39, 0.29) is 0 Å². The third-order valence-corrected chi connectivity index (χ3v) is 3.44. The van der Waals surface area contributed by atoms with Crippen molar-refractivity contribution in [2.45, 2.75) is 12.8 Å². The first-order chi connectivity index (χ1) is 10.2. The number of aliphatic carboxylic acids is 1. The van der Waals surface area contributed by atoms with E-state index >= 15 is 0 Å². The van der Waals surface area contributed by atoms with Crippen molar-refractivity contribution < 1.29 is 24.1 Å². The van der Waals surface area contributed by atoms with Gasteiger partial charge in [-0.2, -0.15) is 0 Å². The van der Waals surface area contributed by atoms with E-state index in [0.717, 1.165) is 37.7 Å². The number of ether oxygens (including phenoxy) is 3. The van der Waals surface area contributed by atoms with Gasteiger partial charge in [-0.3, -0.25) is 0 Å². The highest BCUT2D eigenvalue weighted by Crippen LogP contribution is 2.27. The standard InChI is InChI=1S/C16H20O5/c1-19-14-4-2-13(3-5-16(17)18)15(10-14)21-11-12-6-8-20-9-7-12/h2-5,10,12H,6-9,11H2,1H3,(H,17,18). The first kappa shape index (κ1) is 15.4. The highest BCUT2D eigenvalue weighted by atomic mass is 16.5. The van der Waals surface area contributed by atoms with Crippen LogP contribution in [0.3, 0.4) is 0 Å². The van der Waals surface area contributed by atoms with Gasteiger partial charge in [-0.25, -0.2) is 4.79 Å². The summed E-state index contributed by atoms with van der Waals surface area (Å²) in [5.74, 6) is 0.810. The third kappa shape index (κ3) is 4.79. The van der Waals surface area contributed by atoms with Crippen LogP contribution in [0.1, 0.15) is 18.4 Å². The summed E-state index contributed by atoms with van der Waals surface area (Å²) >= 11 is 0. The van der Waals surface area contributed by atoms with Gasteiger partial charge in [-0.15, -0.1) is 0 Å². The van der Waals surface area contributed by atoms with Crippen LogP contribution in [0.15, 0.2) is 24.3 Å². The van der Waals surface area contributed by atoms with Gasteiger partial charge in [0.15, 0.2) is 0 Å². The molecule has 2 rings (SSSR count). The molecule has 1 saturated heterocycles. The average molecular weight is 292 g/mol. The fraction of sp³-hybridized carbons (Fsp3) is 0.438. The summed E-state index contributed by atoms with van der Waals surface area (Å²) in [6, 6.07) is 5.35. The average Bonchev–Trinajstić information content (AvgIpc) is 2.52. The summed E-state index contributed by atoms with van der Waals surface area (Å²) in [5.41, 5.74) is 0.727. The fourth-order valence-corrected chi connectivity index (χ4v) is 2.19. The molecule has 1 aromatic carbocycles. The normalized spacial score (nSPS) is 16.0. The maximum absolute atomic E-state index is 10.6. The molecule has 0 spiro atoms. The first-order valence-corrected chi connectivity index (χ1v) is 6.98. The molecule has 0 unspecified atom stereocenters. The molecule has 0 saturated carbocycles. The van der Waals surface area contributed by atoms with Crippen molar-refractivity contribution in [3.05, 3.63) is 29.8 Å². The van der Waals surface area contributed by atoms with E-state index in [9.17, 15) is 4.79 Å². The summed E-state index contributed by atoms with van der Waals surface area (Å²) in [5, 5.41) is 8.73. The van der Waals surface area contributed by atoms with E-state index in [1.165, 1.54) is 6.08 Å². The van der Waals surface area contributed by atoms with Gasteiger partial charge < -0.3 is 19.3 Å². The lowest BCUT2D eigenvalue weighted by molar-refractivity contribution is -0.131. The molecule has 0 aromatic heterocycles. The van der Waals surface area contributed by atoms with Crippen molar-refractivity contribution in [3.63, 3.8) is 0 Å². The minimum atomic E-state index is -0.985. The van der Waals surface area contributed by atoms with Crippen LogP contribution >= 0.6 is 0 Å². The molecule has 114 valence electrons. The number of carbonyl (C=O) groups is 1. The second-order valence-corrected chi connectivity index (χ2v) is 4.94. The fourth-order valence-electron chi connectivity index (χ4n) is 2.19. The van der Waals surface area contributed by atoms with E-state index < -0.39 is 5.97 Å². The van der Waals surface area contributed by atoms with Gasteiger partial charge >= 0.3 is 5.97 Å². The van der Waals surface area contributed by atoms with E-state index in [1.807, 2.05) is 0 Å². The lowest BCUT2D eigenvalue weighted by Crippen LogP contribution is -2.21.